The van der Waals surface area contributed by atoms with Gasteiger partial charge in [0.25, 0.3) is 0 Å². The Balaban J connectivity index is 0.00000200. The Morgan fingerprint density at radius 3 is 2.40 bits per heavy atom. The van der Waals surface area contributed by atoms with Crippen LogP contribution in [-0.2, 0) is 6.54 Å². The van der Waals surface area contributed by atoms with Gasteiger partial charge in [-0.25, -0.2) is 4.98 Å². The summed E-state index contributed by atoms with van der Waals surface area (Å²) in [6.45, 7) is 7.40. The normalized spacial score (nSPS) is 10.3. The first-order valence-electron chi connectivity index (χ1n) is 7.02. The van der Waals surface area contributed by atoms with E-state index in [1.165, 1.54) is 29.5 Å². The van der Waals surface area contributed by atoms with Crippen LogP contribution >= 0.6 is 12.4 Å². The van der Waals surface area contributed by atoms with Gasteiger partial charge in [-0.2, -0.15) is 0 Å². The van der Waals surface area contributed by atoms with Crippen LogP contribution in [0.4, 0.5) is 5.95 Å². The van der Waals surface area contributed by atoms with E-state index in [1.807, 2.05) is 0 Å². The van der Waals surface area contributed by atoms with Crippen molar-refractivity contribution in [3.8, 4) is 11.3 Å². The molecule has 0 atom stereocenters. The fourth-order valence-electron chi connectivity index (χ4n) is 2.48. The quantitative estimate of drug-likeness (QED) is 0.832. The lowest BCUT2D eigenvalue weighted by Crippen LogP contribution is -2.02. The molecule has 0 saturated carbocycles. The zero-order valence-electron chi connectivity index (χ0n) is 12.5. The number of halogens is 1. The number of nitrogens with zero attached hydrogens (tertiary/aromatic N) is 2. The molecule has 0 aliphatic rings. The van der Waals surface area contributed by atoms with E-state index in [0.29, 0.717) is 5.95 Å². The Morgan fingerprint density at radius 2 is 1.80 bits per heavy atom. The molecule has 1 aromatic heterocycles. The van der Waals surface area contributed by atoms with Gasteiger partial charge in [0, 0.05) is 18.3 Å². The average Bonchev–Trinajstić information content (AvgIpc) is 2.71. The van der Waals surface area contributed by atoms with Crippen LogP contribution in [0.25, 0.3) is 11.3 Å². The molecule has 0 saturated heterocycles. The molecule has 0 radical (unpaired) electrons. The number of imidazole rings is 1. The number of nitrogen functional groups attached to an aromatic ring is 1. The molecule has 3 nitrogen and oxygen atoms in total. The minimum absolute atomic E-state index is 0. The van der Waals surface area contributed by atoms with Crippen molar-refractivity contribution in [1.82, 2.24) is 9.55 Å². The predicted octanol–water partition coefficient (Wildman–Crippen LogP) is 4.36. The van der Waals surface area contributed by atoms with Gasteiger partial charge in [0.15, 0.2) is 0 Å². The molecule has 0 unspecified atom stereocenters. The highest BCUT2D eigenvalue weighted by Crippen LogP contribution is 2.27. The second-order valence-electron chi connectivity index (χ2n) is 5.15. The number of aromatic nitrogens is 2. The molecule has 0 fully saturated rings. The molecule has 4 heteroatoms. The lowest BCUT2D eigenvalue weighted by atomic mass is 10.0. The third kappa shape index (κ3) is 3.54. The van der Waals surface area contributed by atoms with Crippen LogP contribution in [0.3, 0.4) is 0 Å². The number of aryl methyl sites for hydroxylation is 3. The van der Waals surface area contributed by atoms with Gasteiger partial charge in [-0.05, 0) is 31.4 Å². The number of hydrogen-bond donors (Lipinski definition) is 1. The Morgan fingerprint density at radius 1 is 1.15 bits per heavy atom. The zero-order chi connectivity index (χ0) is 13.8. The van der Waals surface area contributed by atoms with Crippen LogP contribution in [0, 0.1) is 13.8 Å². The fourth-order valence-corrected chi connectivity index (χ4v) is 2.48. The molecule has 0 aliphatic carbocycles. The Kier molecular flexibility index (Phi) is 6.08. The standard InChI is InChI=1S/C16H23N3.ClH/c1-4-5-6-10-19-11-14(18-16(19)17)15-12(2)8-7-9-13(15)3;/h7-9,11H,4-6,10H2,1-3H3,(H2,17,18);1H. The number of hydrogen-bond acceptors (Lipinski definition) is 2. The molecule has 2 N–H and O–H groups in total. The van der Waals surface area contributed by atoms with E-state index in [2.05, 4.69) is 54.7 Å². The number of rotatable bonds is 5. The summed E-state index contributed by atoms with van der Waals surface area (Å²) in [4.78, 5) is 4.52. The molecule has 1 heterocycles. The molecule has 0 spiro atoms. The predicted molar refractivity (Wildman–Crippen MR) is 88.3 cm³/mol. The van der Waals surface area contributed by atoms with Crippen molar-refractivity contribution in [3.05, 3.63) is 35.5 Å². The number of benzene rings is 1. The van der Waals surface area contributed by atoms with E-state index in [0.717, 1.165) is 18.7 Å². The highest BCUT2D eigenvalue weighted by atomic mass is 35.5. The molecule has 110 valence electrons. The van der Waals surface area contributed by atoms with Crippen molar-refractivity contribution in [2.24, 2.45) is 0 Å². The zero-order valence-corrected chi connectivity index (χ0v) is 13.3. The molecule has 2 rings (SSSR count). The van der Waals surface area contributed by atoms with E-state index in [9.17, 15) is 0 Å². The summed E-state index contributed by atoms with van der Waals surface area (Å²) in [5, 5.41) is 0. The molecule has 0 aliphatic heterocycles. The minimum atomic E-state index is 0. The largest absolute Gasteiger partial charge is 0.369 e. The lowest BCUT2D eigenvalue weighted by molar-refractivity contribution is 0.608. The SMILES string of the molecule is CCCCCn1cc(-c2c(C)cccc2C)nc1N.Cl. The fraction of sp³-hybridized carbons (Fsp3) is 0.438. The first-order chi connectivity index (χ1) is 9.13. The summed E-state index contributed by atoms with van der Waals surface area (Å²) in [6.07, 6.45) is 5.69. The van der Waals surface area contributed by atoms with Crippen molar-refractivity contribution in [3.63, 3.8) is 0 Å². The maximum atomic E-state index is 6.01. The number of nitrogens with two attached hydrogens (primary N) is 1. The lowest BCUT2D eigenvalue weighted by Gasteiger charge is -2.06. The van der Waals surface area contributed by atoms with E-state index in [1.54, 1.807) is 0 Å². The maximum Gasteiger partial charge on any atom is 0.200 e. The van der Waals surface area contributed by atoms with Gasteiger partial charge >= 0.3 is 0 Å². The highest BCUT2D eigenvalue weighted by Gasteiger charge is 2.11. The summed E-state index contributed by atoms with van der Waals surface area (Å²) >= 11 is 0. The smallest absolute Gasteiger partial charge is 0.200 e. The van der Waals surface area contributed by atoms with Gasteiger partial charge < -0.3 is 10.3 Å². The third-order valence-electron chi connectivity index (χ3n) is 3.55. The van der Waals surface area contributed by atoms with Gasteiger partial charge in [-0.1, -0.05) is 38.0 Å². The molecule has 2 aromatic rings. The van der Waals surface area contributed by atoms with Crippen molar-refractivity contribution in [1.29, 1.82) is 0 Å². The number of anilines is 1. The van der Waals surface area contributed by atoms with Gasteiger partial charge in [0.2, 0.25) is 5.95 Å². The summed E-state index contributed by atoms with van der Waals surface area (Å²) < 4.78 is 2.07. The van der Waals surface area contributed by atoms with Crippen LogP contribution in [0.5, 0.6) is 0 Å². The Labute approximate surface area is 127 Å². The van der Waals surface area contributed by atoms with Crippen molar-refractivity contribution in [2.45, 2.75) is 46.6 Å². The van der Waals surface area contributed by atoms with Crippen LogP contribution in [-0.4, -0.2) is 9.55 Å². The second kappa shape index (κ2) is 7.34. The Hall–Kier alpha value is -1.48. The summed E-state index contributed by atoms with van der Waals surface area (Å²) in [5.41, 5.74) is 10.7. The average molecular weight is 294 g/mol. The van der Waals surface area contributed by atoms with E-state index >= 15 is 0 Å². The first kappa shape index (κ1) is 16.6. The van der Waals surface area contributed by atoms with Gasteiger partial charge in [0.05, 0.1) is 5.69 Å². The first-order valence-corrected chi connectivity index (χ1v) is 7.02. The van der Waals surface area contributed by atoms with Gasteiger partial charge in [-0.3, -0.25) is 0 Å². The third-order valence-corrected chi connectivity index (χ3v) is 3.55. The molecule has 20 heavy (non-hydrogen) atoms. The topological polar surface area (TPSA) is 43.8 Å². The van der Waals surface area contributed by atoms with E-state index in [4.69, 9.17) is 5.73 Å². The second-order valence-corrected chi connectivity index (χ2v) is 5.15. The minimum Gasteiger partial charge on any atom is -0.369 e. The molecule has 0 amide bonds. The van der Waals surface area contributed by atoms with E-state index in [-0.39, 0.29) is 12.4 Å². The van der Waals surface area contributed by atoms with Crippen LogP contribution < -0.4 is 5.73 Å². The molecule has 1 aromatic carbocycles. The van der Waals surface area contributed by atoms with Gasteiger partial charge in [0.1, 0.15) is 0 Å². The van der Waals surface area contributed by atoms with Crippen molar-refractivity contribution < 1.29 is 0 Å². The number of unbranched alkanes of at least 4 members (excludes halogenated alkanes) is 2. The molecular weight excluding hydrogens is 270 g/mol. The van der Waals surface area contributed by atoms with Crippen molar-refractivity contribution in [2.75, 3.05) is 5.73 Å². The maximum absolute atomic E-state index is 6.01. The van der Waals surface area contributed by atoms with Crippen LogP contribution in [0.2, 0.25) is 0 Å². The summed E-state index contributed by atoms with van der Waals surface area (Å²) in [7, 11) is 0. The monoisotopic (exact) mass is 293 g/mol. The highest BCUT2D eigenvalue weighted by molar-refractivity contribution is 5.85. The summed E-state index contributed by atoms with van der Waals surface area (Å²) in [6, 6.07) is 6.32. The van der Waals surface area contributed by atoms with Crippen molar-refractivity contribution >= 4 is 18.4 Å². The molecule has 0 bridgehead atoms. The van der Waals surface area contributed by atoms with Crippen LogP contribution in [0.1, 0.15) is 37.3 Å². The van der Waals surface area contributed by atoms with E-state index < -0.39 is 0 Å². The summed E-state index contributed by atoms with van der Waals surface area (Å²) in [5.74, 6) is 0.619. The van der Waals surface area contributed by atoms with Gasteiger partial charge in [-0.15, -0.1) is 12.4 Å². The van der Waals surface area contributed by atoms with Crippen LogP contribution in [0.15, 0.2) is 24.4 Å². The Bertz CT molecular complexity index is 541. The molecular formula is C16H24ClN3.